The Hall–Kier alpha value is -2.47. The highest BCUT2D eigenvalue weighted by Crippen LogP contribution is 2.28. The van der Waals surface area contributed by atoms with Crippen molar-refractivity contribution in [2.24, 2.45) is 0 Å². The molecule has 0 fully saturated rings. The van der Waals surface area contributed by atoms with Crippen LogP contribution in [0.5, 0.6) is 0 Å². The summed E-state index contributed by atoms with van der Waals surface area (Å²) in [4.78, 5) is 29.8. The first-order chi connectivity index (χ1) is 16.9. The molecule has 0 heterocycles. The molecule has 1 N–H and O–H groups in total. The standard InChI is InChI=1S/C28H30Cl2N2O2S/c1-3-20(2)31-28(34)26(17-21-11-6-4-7-12-21)32(18-23-24(29)15-10-16-25(23)30)27(33)19-35-22-13-8-5-9-14-22/h4-16,20,26H,3,17-19H2,1-2H3,(H,31,34)/t20-,26-/m0/s1. The number of amides is 2. The third kappa shape index (κ3) is 8.03. The number of carbonyl (C=O) groups is 2. The summed E-state index contributed by atoms with van der Waals surface area (Å²) in [6.45, 7) is 4.11. The maximum Gasteiger partial charge on any atom is 0.243 e. The van der Waals surface area contributed by atoms with Crippen LogP contribution >= 0.6 is 35.0 Å². The molecular weight excluding hydrogens is 499 g/mol. The highest BCUT2D eigenvalue weighted by molar-refractivity contribution is 8.00. The maximum absolute atomic E-state index is 13.7. The van der Waals surface area contributed by atoms with Crippen molar-refractivity contribution in [1.82, 2.24) is 10.2 Å². The number of nitrogens with zero attached hydrogens (tertiary/aromatic N) is 1. The van der Waals surface area contributed by atoms with Crippen LogP contribution in [-0.2, 0) is 22.6 Å². The second-order valence-corrected chi connectivity index (χ2v) is 10.2. The Balaban J connectivity index is 1.96. The van der Waals surface area contributed by atoms with Crippen molar-refractivity contribution in [3.63, 3.8) is 0 Å². The number of carbonyl (C=O) groups excluding carboxylic acids is 2. The predicted molar refractivity (Wildman–Crippen MR) is 146 cm³/mol. The van der Waals surface area contributed by atoms with Gasteiger partial charge in [0, 0.05) is 39.5 Å². The van der Waals surface area contributed by atoms with Gasteiger partial charge in [0.2, 0.25) is 11.8 Å². The first-order valence-electron chi connectivity index (χ1n) is 11.6. The molecule has 184 valence electrons. The van der Waals surface area contributed by atoms with Crippen LogP contribution in [0.4, 0.5) is 0 Å². The Morgan fingerprint density at radius 1 is 0.914 bits per heavy atom. The van der Waals surface area contributed by atoms with E-state index in [2.05, 4.69) is 5.32 Å². The first kappa shape index (κ1) is 27.1. The Bertz CT molecular complexity index is 1090. The molecule has 0 aliphatic rings. The number of rotatable bonds is 11. The Morgan fingerprint density at radius 3 is 2.11 bits per heavy atom. The van der Waals surface area contributed by atoms with Crippen molar-refractivity contribution in [2.45, 2.75) is 50.2 Å². The molecule has 35 heavy (non-hydrogen) atoms. The van der Waals surface area contributed by atoms with Gasteiger partial charge >= 0.3 is 0 Å². The molecule has 0 unspecified atom stereocenters. The number of halogens is 2. The number of thioether (sulfide) groups is 1. The van der Waals surface area contributed by atoms with Crippen LogP contribution in [0, 0.1) is 0 Å². The molecule has 4 nitrogen and oxygen atoms in total. The maximum atomic E-state index is 13.7. The van der Waals surface area contributed by atoms with E-state index in [1.807, 2.05) is 74.5 Å². The predicted octanol–water partition coefficient (Wildman–Crippen LogP) is 6.64. The normalized spacial score (nSPS) is 12.6. The molecule has 0 bridgehead atoms. The minimum Gasteiger partial charge on any atom is -0.352 e. The van der Waals surface area contributed by atoms with Crippen molar-refractivity contribution < 1.29 is 9.59 Å². The van der Waals surface area contributed by atoms with Gasteiger partial charge in [-0.3, -0.25) is 9.59 Å². The summed E-state index contributed by atoms with van der Waals surface area (Å²) < 4.78 is 0. The van der Waals surface area contributed by atoms with Crippen LogP contribution in [0.2, 0.25) is 10.0 Å². The second-order valence-electron chi connectivity index (χ2n) is 8.35. The molecule has 0 saturated heterocycles. The van der Waals surface area contributed by atoms with Crippen LogP contribution in [-0.4, -0.2) is 34.6 Å². The van der Waals surface area contributed by atoms with Crippen molar-refractivity contribution in [3.05, 3.63) is 100 Å². The minimum atomic E-state index is -0.720. The Kier molecular flexibility index (Phi) is 10.5. The fourth-order valence-electron chi connectivity index (χ4n) is 3.59. The SMILES string of the molecule is CC[C@H](C)NC(=O)[C@H](Cc1ccccc1)N(Cc1c(Cl)cccc1Cl)C(=O)CSc1ccccc1. The summed E-state index contributed by atoms with van der Waals surface area (Å²) in [5.74, 6) is -0.159. The van der Waals surface area contributed by atoms with E-state index in [1.165, 1.54) is 11.8 Å². The molecule has 0 saturated carbocycles. The second kappa shape index (κ2) is 13.6. The third-order valence-electron chi connectivity index (χ3n) is 5.77. The highest BCUT2D eigenvalue weighted by Gasteiger charge is 2.31. The third-order valence-corrected chi connectivity index (χ3v) is 7.47. The van der Waals surface area contributed by atoms with Crippen molar-refractivity contribution in [1.29, 1.82) is 0 Å². The average molecular weight is 530 g/mol. The number of nitrogens with one attached hydrogen (secondary N) is 1. The number of benzene rings is 3. The lowest BCUT2D eigenvalue weighted by Gasteiger charge is -2.32. The summed E-state index contributed by atoms with van der Waals surface area (Å²) in [7, 11) is 0. The smallest absolute Gasteiger partial charge is 0.243 e. The van der Waals surface area contributed by atoms with Gasteiger partial charge in [-0.2, -0.15) is 0 Å². The summed E-state index contributed by atoms with van der Waals surface area (Å²) >= 11 is 14.4. The van der Waals surface area contributed by atoms with E-state index in [1.54, 1.807) is 23.1 Å². The van der Waals surface area contributed by atoms with Gasteiger partial charge in [0.05, 0.1) is 5.75 Å². The van der Waals surface area contributed by atoms with Gasteiger partial charge in [-0.05, 0) is 43.2 Å². The zero-order chi connectivity index (χ0) is 25.2. The highest BCUT2D eigenvalue weighted by atomic mass is 35.5. The lowest BCUT2D eigenvalue weighted by molar-refractivity contribution is -0.139. The van der Waals surface area contributed by atoms with E-state index < -0.39 is 6.04 Å². The summed E-state index contributed by atoms with van der Waals surface area (Å²) in [6.07, 6.45) is 1.17. The van der Waals surface area contributed by atoms with Crippen LogP contribution in [0.15, 0.2) is 83.8 Å². The van der Waals surface area contributed by atoms with E-state index in [-0.39, 0.29) is 30.2 Å². The van der Waals surface area contributed by atoms with E-state index in [0.29, 0.717) is 22.0 Å². The van der Waals surface area contributed by atoms with Crippen LogP contribution < -0.4 is 5.32 Å². The summed E-state index contributed by atoms with van der Waals surface area (Å²) in [5.41, 5.74) is 1.60. The molecule has 2 amide bonds. The fraction of sp³-hybridized carbons (Fsp3) is 0.286. The summed E-state index contributed by atoms with van der Waals surface area (Å²) in [6, 6.07) is 24.0. The monoisotopic (exact) mass is 528 g/mol. The summed E-state index contributed by atoms with van der Waals surface area (Å²) in [5, 5.41) is 4.00. The van der Waals surface area contributed by atoms with Crippen LogP contribution in [0.3, 0.4) is 0 Å². The molecule has 0 radical (unpaired) electrons. The molecule has 3 aromatic carbocycles. The van der Waals surface area contributed by atoms with E-state index >= 15 is 0 Å². The van der Waals surface area contributed by atoms with Gasteiger partial charge in [0.25, 0.3) is 0 Å². The Morgan fingerprint density at radius 2 is 1.51 bits per heavy atom. The van der Waals surface area contributed by atoms with E-state index in [4.69, 9.17) is 23.2 Å². The topological polar surface area (TPSA) is 49.4 Å². The minimum absolute atomic E-state index is 0.0136. The molecule has 0 aliphatic carbocycles. The zero-order valence-electron chi connectivity index (χ0n) is 19.9. The molecule has 3 aromatic rings. The molecule has 0 spiro atoms. The molecule has 0 aliphatic heterocycles. The molecule has 7 heteroatoms. The van der Waals surface area contributed by atoms with E-state index in [9.17, 15) is 9.59 Å². The lowest BCUT2D eigenvalue weighted by Crippen LogP contribution is -2.52. The first-order valence-corrected chi connectivity index (χ1v) is 13.4. The quantitative estimate of drug-likeness (QED) is 0.283. The van der Waals surface area contributed by atoms with Crippen molar-refractivity contribution in [3.8, 4) is 0 Å². The largest absolute Gasteiger partial charge is 0.352 e. The van der Waals surface area contributed by atoms with Gasteiger partial charge in [-0.15, -0.1) is 11.8 Å². The van der Waals surface area contributed by atoms with Crippen molar-refractivity contribution in [2.75, 3.05) is 5.75 Å². The average Bonchev–Trinajstić information content (AvgIpc) is 2.87. The Labute approximate surface area is 222 Å². The molecular formula is C28H30Cl2N2O2S. The number of hydrogen-bond donors (Lipinski definition) is 1. The number of hydrogen-bond acceptors (Lipinski definition) is 3. The lowest BCUT2D eigenvalue weighted by atomic mass is 10.0. The van der Waals surface area contributed by atoms with Crippen LogP contribution in [0.25, 0.3) is 0 Å². The zero-order valence-corrected chi connectivity index (χ0v) is 22.2. The van der Waals surface area contributed by atoms with Gasteiger partial charge < -0.3 is 10.2 Å². The van der Waals surface area contributed by atoms with Gasteiger partial charge in [-0.25, -0.2) is 0 Å². The molecule has 3 rings (SSSR count). The van der Waals surface area contributed by atoms with Gasteiger partial charge in [0.15, 0.2) is 0 Å². The van der Waals surface area contributed by atoms with Crippen LogP contribution in [0.1, 0.15) is 31.4 Å². The van der Waals surface area contributed by atoms with Gasteiger partial charge in [-0.1, -0.05) is 84.7 Å². The molecule has 2 atom stereocenters. The molecule has 0 aromatic heterocycles. The fourth-order valence-corrected chi connectivity index (χ4v) is 4.92. The van der Waals surface area contributed by atoms with E-state index in [0.717, 1.165) is 16.9 Å². The van der Waals surface area contributed by atoms with Crippen molar-refractivity contribution >= 4 is 46.8 Å². The van der Waals surface area contributed by atoms with Gasteiger partial charge in [0.1, 0.15) is 6.04 Å².